The van der Waals surface area contributed by atoms with Crippen LogP contribution >= 0.6 is 0 Å². The summed E-state index contributed by atoms with van der Waals surface area (Å²) in [5.74, 6) is 6.38. The van der Waals surface area contributed by atoms with Crippen molar-refractivity contribution in [1.82, 2.24) is 0 Å². The molecular formula is C16H23N. The highest BCUT2D eigenvalue weighted by Crippen LogP contribution is 2.21. The molecule has 0 atom stereocenters. The fourth-order valence-electron chi connectivity index (χ4n) is 1.58. The van der Waals surface area contributed by atoms with E-state index in [0.717, 1.165) is 31.4 Å². The SMILES string of the molecule is CC(C)(C)c1ccc(C#CCCCCN)cc1. The lowest BCUT2D eigenvalue weighted by atomic mass is 9.87. The number of unbranched alkanes of at least 4 members (excludes halogenated alkanes) is 2. The molecule has 0 amide bonds. The Morgan fingerprint density at radius 1 is 1.06 bits per heavy atom. The third-order valence-electron chi connectivity index (χ3n) is 2.74. The topological polar surface area (TPSA) is 26.0 Å². The van der Waals surface area contributed by atoms with Crippen LogP contribution in [0.1, 0.15) is 51.2 Å². The van der Waals surface area contributed by atoms with Gasteiger partial charge in [-0.05, 0) is 42.5 Å². The summed E-state index contributed by atoms with van der Waals surface area (Å²) in [7, 11) is 0. The molecule has 0 heterocycles. The van der Waals surface area contributed by atoms with Crippen molar-refractivity contribution in [2.24, 2.45) is 5.73 Å². The maximum Gasteiger partial charge on any atom is 0.0245 e. The fraction of sp³-hybridized carbons (Fsp3) is 0.500. The van der Waals surface area contributed by atoms with E-state index in [1.807, 2.05) is 0 Å². The van der Waals surface area contributed by atoms with E-state index in [2.05, 4.69) is 56.9 Å². The molecule has 0 bridgehead atoms. The van der Waals surface area contributed by atoms with Gasteiger partial charge in [0.25, 0.3) is 0 Å². The predicted octanol–water partition coefficient (Wildman–Crippen LogP) is 3.46. The highest BCUT2D eigenvalue weighted by atomic mass is 14.5. The Kier molecular flexibility index (Phi) is 5.25. The van der Waals surface area contributed by atoms with Crippen molar-refractivity contribution in [2.45, 2.75) is 45.4 Å². The molecule has 2 N–H and O–H groups in total. The number of nitrogens with two attached hydrogens (primary N) is 1. The van der Waals surface area contributed by atoms with Gasteiger partial charge in [-0.15, -0.1) is 0 Å². The minimum atomic E-state index is 0.215. The second-order valence-electron chi connectivity index (χ2n) is 5.37. The minimum Gasteiger partial charge on any atom is -0.330 e. The van der Waals surface area contributed by atoms with E-state index in [9.17, 15) is 0 Å². The average molecular weight is 229 g/mol. The molecule has 0 aliphatic carbocycles. The number of benzene rings is 1. The van der Waals surface area contributed by atoms with Crippen LogP contribution in [-0.4, -0.2) is 6.54 Å². The molecule has 0 aromatic heterocycles. The molecule has 1 aromatic carbocycles. The lowest BCUT2D eigenvalue weighted by Crippen LogP contribution is -2.10. The summed E-state index contributed by atoms with van der Waals surface area (Å²) in [6.45, 7) is 7.43. The van der Waals surface area contributed by atoms with Gasteiger partial charge in [-0.3, -0.25) is 0 Å². The minimum absolute atomic E-state index is 0.215. The first-order chi connectivity index (χ1) is 8.04. The van der Waals surface area contributed by atoms with Crippen LogP contribution < -0.4 is 5.73 Å². The zero-order valence-corrected chi connectivity index (χ0v) is 11.2. The monoisotopic (exact) mass is 229 g/mol. The van der Waals surface area contributed by atoms with Crippen molar-refractivity contribution in [3.63, 3.8) is 0 Å². The van der Waals surface area contributed by atoms with Crippen molar-refractivity contribution in [1.29, 1.82) is 0 Å². The van der Waals surface area contributed by atoms with Gasteiger partial charge in [0.05, 0.1) is 0 Å². The lowest BCUT2D eigenvalue weighted by Gasteiger charge is -2.18. The second kappa shape index (κ2) is 6.47. The maximum atomic E-state index is 5.43. The van der Waals surface area contributed by atoms with Gasteiger partial charge in [-0.1, -0.05) is 44.7 Å². The van der Waals surface area contributed by atoms with E-state index in [0.29, 0.717) is 0 Å². The molecule has 0 spiro atoms. The highest BCUT2D eigenvalue weighted by Gasteiger charge is 2.12. The van der Waals surface area contributed by atoms with Crippen LogP contribution in [0.2, 0.25) is 0 Å². The molecule has 1 aromatic rings. The molecule has 1 heteroatoms. The van der Waals surface area contributed by atoms with Gasteiger partial charge < -0.3 is 5.73 Å². The first-order valence-corrected chi connectivity index (χ1v) is 6.33. The molecule has 0 unspecified atom stereocenters. The van der Waals surface area contributed by atoms with Gasteiger partial charge in [0.1, 0.15) is 0 Å². The van der Waals surface area contributed by atoms with E-state index in [4.69, 9.17) is 5.73 Å². The molecule has 0 aliphatic rings. The third-order valence-corrected chi connectivity index (χ3v) is 2.74. The molecule has 92 valence electrons. The molecular weight excluding hydrogens is 206 g/mol. The molecule has 1 nitrogen and oxygen atoms in total. The number of rotatable bonds is 3. The summed E-state index contributed by atoms with van der Waals surface area (Å²) < 4.78 is 0. The van der Waals surface area contributed by atoms with Crippen molar-refractivity contribution in [2.75, 3.05) is 6.54 Å². The van der Waals surface area contributed by atoms with Crippen molar-refractivity contribution in [3.05, 3.63) is 35.4 Å². The van der Waals surface area contributed by atoms with E-state index < -0.39 is 0 Å². The zero-order valence-electron chi connectivity index (χ0n) is 11.2. The summed E-state index contributed by atoms with van der Waals surface area (Å²) in [5, 5.41) is 0. The van der Waals surface area contributed by atoms with E-state index in [1.54, 1.807) is 0 Å². The van der Waals surface area contributed by atoms with Crippen LogP contribution in [0.4, 0.5) is 0 Å². The predicted molar refractivity (Wildman–Crippen MR) is 74.9 cm³/mol. The summed E-state index contributed by atoms with van der Waals surface area (Å²) in [6, 6.07) is 8.56. The molecule has 1 rings (SSSR count). The van der Waals surface area contributed by atoms with Crippen LogP contribution in [0.5, 0.6) is 0 Å². The summed E-state index contributed by atoms with van der Waals surface area (Å²) in [6.07, 6.45) is 3.11. The quantitative estimate of drug-likeness (QED) is 0.623. The van der Waals surface area contributed by atoms with Crippen LogP contribution in [0, 0.1) is 11.8 Å². The Labute approximate surface area is 105 Å². The fourth-order valence-corrected chi connectivity index (χ4v) is 1.58. The second-order valence-corrected chi connectivity index (χ2v) is 5.37. The zero-order chi connectivity index (χ0) is 12.7. The largest absolute Gasteiger partial charge is 0.330 e. The van der Waals surface area contributed by atoms with Gasteiger partial charge in [0.15, 0.2) is 0 Å². The van der Waals surface area contributed by atoms with Crippen molar-refractivity contribution < 1.29 is 0 Å². The molecule has 0 aliphatic heterocycles. The Hall–Kier alpha value is -1.26. The Morgan fingerprint density at radius 3 is 2.24 bits per heavy atom. The standard InChI is InChI=1S/C16H23N/c1-16(2,3)15-11-9-14(10-12-15)8-6-4-5-7-13-17/h9-12H,4-5,7,13,17H2,1-3H3. The Balaban J connectivity index is 2.56. The normalized spacial score (nSPS) is 10.8. The van der Waals surface area contributed by atoms with Crippen LogP contribution in [0.25, 0.3) is 0 Å². The van der Waals surface area contributed by atoms with E-state index in [-0.39, 0.29) is 5.41 Å². The molecule has 0 radical (unpaired) electrons. The third kappa shape index (κ3) is 5.06. The van der Waals surface area contributed by atoms with Crippen molar-refractivity contribution >= 4 is 0 Å². The molecule has 0 saturated carbocycles. The average Bonchev–Trinajstić information content (AvgIpc) is 2.28. The van der Waals surface area contributed by atoms with Crippen molar-refractivity contribution in [3.8, 4) is 11.8 Å². The van der Waals surface area contributed by atoms with Gasteiger partial charge in [0.2, 0.25) is 0 Å². The van der Waals surface area contributed by atoms with Crippen LogP contribution in [-0.2, 0) is 5.41 Å². The van der Waals surface area contributed by atoms with Gasteiger partial charge in [-0.2, -0.15) is 0 Å². The van der Waals surface area contributed by atoms with Crippen LogP contribution in [0.3, 0.4) is 0 Å². The summed E-state index contributed by atoms with van der Waals surface area (Å²) >= 11 is 0. The molecule has 0 saturated heterocycles. The summed E-state index contributed by atoms with van der Waals surface area (Å²) in [4.78, 5) is 0. The van der Waals surface area contributed by atoms with Gasteiger partial charge in [-0.25, -0.2) is 0 Å². The highest BCUT2D eigenvalue weighted by molar-refractivity contribution is 5.37. The first-order valence-electron chi connectivity index (χ1n) is 6.33. The molecule has 17 heavy (non-hydrogen) atoms. The van der Waals surface area contributed by atoms with E-state index >= 15 is 0 Å². The number of hydrogen-bond acceptors (Lipinski definition) is 1. The first kappa shape index (κ1) is 13.8. The van der Waals surface area contributed by atoms with Crippen LogP contribution in [0.15, 0.2) is 24.3 Å². The maximum absolute atomic E-state index is 5.43. The molecule has 0 fully saturated rings. The Bertz CT molecular complexity index is 384. The van der Waals surface area contributed by atoms with E-state index in [1.165, 1.54) is 5.56 Å². The Morgan fingerprint density at radius 2 is 1.71 bits per heavy atom. The van der Waals surface area contributed by atoms with Gasteiger partial charge in [0, 0.05) is 12.0 Å². The smallest absolute Gasteiger partial charge is 0.0245 e. The summed E-state index contributed by atoms with van der Waals surface area (Å²) in [5.41, 5.74) is 8.10. The number of hydrogen-bond donors (Lipinski definition) is 1. The van der Waals surface area contributed by atoms with Gasteiger partial charge >= 0.3 is 0 Å². The lowest BCUT2D eigenvalue weighted by molar-refractivity contribution is 0.590.